The average molecular weight is 347 g/mol. The second kappa shape index (κ2) is 6.38. The number of nitro groups is 1. The first-order valence-corrected chi connectivity index (χ1v) is 8.50. The van der Waals surface area contributed by atoms with E-state index in [9.17, 15) is 18.5 Å². The summed E-state index contributed by atoms with van der Waals surface area (Å²) in [6.07, 6.45) is 1.80. The molecule has 1 heterocycles. The lowest BCUT2D eigenvalue weighted by Gasteiger charge is -2.07. The number of oxazole rings is 1. The lowest BCUT2D eigenvalue weighted by Crippen LogP contribution is -2.26. The van der Waals surface area contributed by atoms with Gasteiger partial charge in [-0.15, -0.1) is 0 Å². The smallest absolute Gasteiger partial charge is 0.270 e. The highest BCUT2D eigenvalue weighted by atomic mass is 32.2. The summed E-state index contributed by atoms with van der Waals surface area (Å²) in [5.41, 5.74) is 2.00. The fraction of sp³-hybridized carbons (Fsp3) is 0.133. The topological polar surface area (TPSA) is 115 Å². The Hall–Kier alpha value is -2.78. The van der Waals surface area contributed by atoms with Gasteiger partial charge < -0.3 is 4.42 Å². The summed E-state index contributed by atoms with van der Waals surface area (Å²) >= 11 is 0. The van der Waals surface area contributed by atoms with Crippen LogP contribution in [0.15, 0.2) is 58.2 Å². The highest BCUT2D eigenvalue weighted by molar-refractivity contribution is 7.89. The second-order valence-electron chi connectivity index (χ2n) is 5.06. The first kappa shape index (κ1) is 16.1. The van der Waals surface area contributed by atoms with Gasteiger partial charge in [-0.3, -0.25) is 10.1 Å². The number of nitrogens with one attached hydrogen (secondary N) is 1. The van der Waals surface area contributed by atoms with Crippen LogP contribution in [0, 0.1) is 10.1 Å². The van der Waals surface area contributed by atoms with Gasteiger partial charge in [0.05, 0.1) is 9.82 Å². The molecule has 3 rings (SSSR count). The molecule has 0 radical (unpaired) electrons. The Kier molecular flexibility index (Phi) is 4.28. The molecule has 0 spiro atoms. The Labute approximate surface area is 137 Å². The second-order valence-corrected chi connectivity index (χ2v) is 6.82. The van der Waals surface area contributed by atoms with Crippen molar-refractivity contribution in [3.05, 3.63) is 64.5 Å². The molecule has 0 saturated heterocycles. The van der Waals surface area contributed by atoms with E-state index >= 15 is 0 Å². The molecule has 0 atom stereocenters. The van der Waals surface area contributed by atoms with E-state index in [-0.39, 0.29) is 17.1 Å². The molecule has 0 bridgehead atoms. The van der Waals surface area contributed by atoms with E-state index in [1.165, 1.54) is 24.6 Å². The van der Waals surface area contributed by atoms with Crippen molar-refractivity contribution < 1.29 is 17.8 Å². The minimum atomic E-state index is -3.81. The zero-order valence-corrected chi connectivity index (χ0v) is 13.2. The van der Waals surface area contributed by atoms with Gasteiger partial charge in [-0.05, 0) is 30.2 Å². The fourth-order valence-electron chi connectivity index (χ4n) is 2.24. The maximum Gasteiger partial charge on any atom is 0.270 e. The van der Waals surface area contributed by atoms with Crippen molar-refractivity contribution in [3.63, 3.8) is 0 Å². The molecule has 0 fully saturated rings. The summed E-state index contributed by atoms with van der Waals surface area (Å²) in [5, 5.41) is 10.7. The molecular weight excluding hydrogens is 334 g/mol. The lowest BCUT2D eigenvalue weighted by atomic mass is 10.1. The van der Waals surface area contributed by atoms with Gasteiger partial charge in [0.15, 0.2) is 12.0 Å². The molecule has 0 unspecified atom stereocenters. The van der Waals surface area contributed by atoms with Crippen LogP contribution in [0.4, 0.5) is 5.69 Å². The molecule has 9 heteroatoms. The Morgan fingerprint density at radius 2 is 2.04 bits per heavy atom. The predicted octanol–water partition coefficient (Wildman–Crippen LogP) is 2.26. The maximum atomic E-state index is 12.2. The molecule has 0 amide bonds. The first-order chi connectivity index (χ1) is 11.5. The van der Waals surface area contributed by atoms with Crippen LogP contribution in [0.5, 0.6) is 0 Å². The SMILES string of the molecule is O=[N+]([O-])c1cccc(S(=O)(=O)NCCc2ccc3ocnc3c2)c1. The van der Waals surface area contributed by atoms with E-state index in [0.29, 0.717) is 17.5 Å². The number of hydrogen-bond donors (Lipinski definition) is 1. The number of nitrogens with zero attached hydrogens (tertiary/aromatic N) is 2. The molecule has 1 aromatic heterocycles. The molecular formula is C15H13N3O5S. The number of hydrogen-bond acceptors (Lipinski definition) is 6. The molecule has 0 aliphatic heterocycles. The van der Waals surface area contributed by atoms with Crippen LogP contribution in [0.1, 0.15) is 5.56 Å². The number of rotatable bonds is 6. The van der Waals surface area contributed by atoms with Crippen LogP contribution in [0.25, 0.3) is 11.1 Å². The van der Waals surface area contributed by atoms with E-state index < -0.39 is 14.9 Å². The summed E-state index contributed by atoms with van der Waals surface area (Å²) in [5.74, 6) is 0. The zero-order chi connectivity index (χ0) is 17.2. The number of non-ortho nitro benzene ring substituents is 1. The van der Waals surface area contributed by atoms with E-state index in [0.717, 1.165) is 11.6 Å². The van der Waals surface area contributed by atoms with Crippen molar-refractivity contribution in [2.24, 2.45) is 0 Å². The molecule has 24 heavy (non-hydrogen) atoms. The van der Waals surface area contributed by atoms with E-state index in [4.69, 9.17) is 4.42 Å². The highest BCUT2D eigenvalue weighted by Crippen LogP contribution is 2.17. The first-order valence-electron chi connectivity index (χ1n) is 7.02. The summed E-state index contributed by atoms with van der Waals surface area (Å²) in [6.45, 7) is 0.161. The summed E-state index contributed by atoms with van der Waals surface area (Å²) in [4.78, 5) is 14.0. The Morgan fingerprint density at radius 3 is 2.83 bits per heavy atom. The lowest BCUT2D eigenvalue weighted by molar-refractivity contribution is -0.385. The number of aromatic nitrogens is 1. The van der Waals surface area contributed by atoms with Crippen molar-refractivity contribution in [2.75, 3.05) is 6.54 Å². The predicted molar refractivity (Wildman–Crippen MR) is 86.0 cm³/mol. The van der Waals surface area contributed by atoms with Gasteiger partial charge >= 0.3 is 0 Å². The summed E-state index contributed by atoms with van der Waals surface area (Å²) < 4.78 is 32.0. The van der Waals surface area contributed by atoms with Crippen LogP contribution in [0.3, 0.4) is 0 Å². The highest BCUT2D eigenvalue weighted by Gasteiger charge is 2.17. The molecule has 0 saturated carbocycles. The minimum absolute atomic E-state index is 0.136. The number of nitro benzene ring substituents is 1. The van der Waals surface area contributed by atoms with Crippen LogP contribution >= 0.6 is 0 Å². The molecule has 124 valence electrons. The molecule has 3 aromatic rings. The van der Waals surface area contributed by atoms with Crippen molar-refractivity contribution >= 4 is 26.8 Å². The zero-order valence-electron chi connectivity index (χ0n) is 12.4. The van der Waals surface area contributed by atoms with Gasteiger partial charge in [-0.25, -0.2) is 18.1 Å². The van der Waals surface area contributed by atoms with Crippen LogP contribution in [0.2, 0.25) is 0 Å². The third kappa shape index (κ3) is 3.42. The van der Waals surface area contributed by atoms with Crippen molar-refractivity contribution in [2.45, 2.75) is 11.3 Å². The summed E-state index contributed by atoms with van der Waals surface area (Å²) in [7, 11) is -3.81. The van der Waals surface area contributed by atoms with Crippen molar-refractivity contribution in [3.8, 4) is 0 Å². The largest absolute Gasteiger partial charge is 0.443 e. The van der Waals surface area contributed by atoms with Crippen LogP contribution in [-0.4, -0.2) is 24.9 Å². The summed E-state index contributed by atoms with van der Waals surface area (Å²) in [6, 6.07) is 10.3. The van der Waals surface area contributed by atoms with Crippen molar-refractivity contribution in [1.29, 1.82) is 0 Å². The van der Waals surface area contributed by atoms with Gasteiger partial charge in [-0.1, -0.05) is 12.1 Å². The third-order valence-corrected chi connectivity index (χ3v) is 4.90. The van der Waals surface area contributed by atoms with Crippen molar-refractivity contribution in [1.82, 2.24) is 9.71 Å². The fourth-order valence-corrected chi connectivity index (χ4v) is 3.31. The van der Waals surface area contributed by atoms with Gasteiger partial charge in [-0.2, -0.15) is 0 Å². The molecule has 0 aliphatic rings. The average Bonchev–Trinajstić information content (AvgIpc) is 3.02. The van der Waals surface area contributed by atoms with Gasteiger partial charge in [0.25, 0.3) is 5.69 Å². The number of fused-ring (bicyclic) bond motifs is 1. The molecule has 8 nitrogen and oxygen atoms in total. The molecule has 1 N–H and O–H groups in total. The standard InChI is InChI=1S/C15H13N3O5S/c19-18(20)12-2-1-3-13(9-12)24(21,22)17-7-6-11-4-5-15-14(8-11)16-10-23-15/h1-5,8-10,17H,6-7H2. The Morgan fingerprint density at radius 1 is 1.21 bits per heavy atom. The molecule has 0 aliphatic carbocycles. The van der Waals surface area contributed by atoms with Gasteiger partial charge in [0.2, 0.25) is 10.0 Å². The quantitative estimate of drug-likeness (QED) is 0.540. The molecule has 2 aromatic carbocycles. The van der Waals surface area contributed by atoms with Crippen LogP contribution < -0.4 is 4.72 Å². The Balaban J connectivity index is 1.68. The minimum Gasteiger partial charge on any atom is -0.443 e. The monoisotopic (exact) mass is 347 g/mol. The Bertz CT molecular complexity index is 997. The van der Waals surface area contributed by atoms with Gasteiger partial charge in [0.1, 0.15) is 5.52 Å². The number of sulfonamides is 1. The normalized spacial score (nSPS) is 11.7. The van der Waals surface area contributed by atoms with E-state index in [2.05, 4.69) is 9.71 Å². The number of benzene rings is 2. The van der Waals surface area contributed by atoms with Gasteiger partial charge in [0, 0.05) is 18.7 Å². The van der Waals surface area contributed by atoms with E-state index in [1.54, 1.807) is 6.07 Å². The third-order valence-electron chi connectivity index (χ3n) is 3.44. The van der Waals surface area contributed by atoms with Crippen LogP contribution in [-0.2, 0) is 16.4 Å². The van der Waals surface area contributed by atoms with E-state index in [1.807, 2.05) is 12.1 Å². The maximum absolute atomic E-state index is 12.2.